The molecule has 0 radical (unpaired) electrons. The minimum Gasteiger partial charge on any atom is -0.469 e. The molecule has 0 aliphatic rings. The van der Waals surface area contributed by atoms with Gasteiger partial charge in [0.15, 0.2) is 0 Å². The Morgan fingerprint density at radius 2 is 1.83 bits per heavy atom. The van der Waals surface area contributed by atoms with Gasteiger partial charge in [-0.25, -0.2) is 0 Å². The Bertz CT molecular complexity index is 538. The predicted octanol–water partition coefficient (Wildman–Crippen LogP) is 2.08. The second kappa shape index (κ2) is 9.99. The number of nitrogens with two attached hydrogens (primary N) is 1. The molecule has 1 atom stereocenters. The number of hydrogen-bond donors (Lipinski definition) is 2. The normalized spacial score (nSPS) is 11.9. The topological polar surface area (TPSA) is 90.7 Å². The van der Waals surface area contributed by atoms with Crippen LogP contribution in [-0.4, -0.2) is 31.9 Å². The second-order valence-electron chi connectivity index (χ2n) is 4.56. The van der Waals surface area contributed by atoms with Crippen LogP contribution in [0.4, 0.5) is 13.2 Å². The molecule has 0 bridgehead atoms. The van der Waals surface area contributed by atoms with Crippen molar-refractivity contribution in [3.8, 4) is 5.75 Å². The molecule has 1 amide bonds. The highest BCUT2D eigenvalue weighted by molar-refractivity contribution is 5.85. The Kier molecular flexibility index (Phi) is 9.16. The monoisotopic (exact) mass is 370 g/mol. The highest BCUT2D eigenvalue weighted by Crippen LogP contribution is 2.25. The van der Waals surface area contributed by atoms with Crippen molar-refractivity contribution in [3.63, 3.8) is 0 Å². The van der Waals surface area contributed by atoms with Gasteiger partial charge in [-0.1, -0.05) is 12.1 Å². The van der Waals surface area contributed by atoms with Gasteiger partial charge in [-0.15, -0.1) is 25.6 Å². The molecule has 1 aromatic rings. The number of carbonyl (C=O) groups excluding carboxylic acids is 2. The number of rotatable bonds is 7. The second-order valence-corrected chi connectivity index (χ2v) is 4.56. The summed E-state index contributed by atoms with van der Waals surface area (Å²) in [6.45, 7) is 0.134. The molecule has 0 saturated heterocycles. The van der Waals surface area contributed by atoms with E-state index in [1.807, 2.05) is 0 Å². The van der Waals surface area contributed by atoms with Crippen molar-refractivity contribution < 1.29 is 32.2 Å². The standard InChI is InChI=1S/C14H17F3N2O4.ClH/c1-22-13(21)8-11(19-12(20)6-7-18)9-2-4-10(5-3-9)23-14(15,16)17;/h2-5,11H,6-8,18H2,1H3,(H,19,20);1H. The summed E-state index contributed by atoms with van der Waals surface area (Å²) in [6.07, 6.45) is -4.89. The SMILES string of the molecule is COC(=O)CC(NC(=O)CCN)c1ccc(OC(F)(F)F)cc1.Cl. The molecule has 0 aliphatic heterocycles. The van der Waals surface area contributed by atoms with Crippen LogP contribution in [0.25, 0.3) is 0 Å². The summed E-state index contributed by atoms with van der Waals surface area (Å²) in [5, 5.41) is 2.58. The van der Waals surface area contributed by atoms with Gasteiger partial charge in [-0.3, -0.25) is 9.59 Å². The average molecular weight is 371 g/mol. The maximum atomic E-state index is 12.1. The Hall–Kier alpha value is -2.00. The Labute approximate surface area is 142 Å². The molecule has 24 heavy (non-hydrogen) atoms. The first-order valence-corrected chi connectivity index (χ1v) is 6.67. The number of halogens is 4. The highest BCUT2D eigenvalue weighted by Gasteiger charge is 2.31. The number of hydrogen-bond acceptors (Lipinski definition) is 5. The number of methoxy groups -OCH3 is 1. The fourth-order valence-electron chi connectivity index (χ4n) is 1.80. The summed E-state index contributed by atoms with van der Waals surface area (Å²) in [6, 6.07) is 4.13. The van der Waals surface area contributed by atoms with Crippen molar-refractivity contribution in [1.29, 1.82) is 0 Å². The summed E-state index contributed by atoms with van der Waals surface area (Å²) in [5.41, 5.74) is 5.71. The zero-order chi connectivity index (χ0) is 17.5. The van der Waals surface area contributed by atoms with Crippen molar-refractivity contribution >= 4 is 24.3 Å². The van der Waals surface area contributed by atoms with E-state index in [1.54, 1.807) is 0 Å². The van der Waals surface area contributed by atoms with Crippen molar-refractivity contribution in [1.82, 2.24) is 5.32 Å². The predicted molar refractivity (Wildman–Crippen MR) is 81.6 cm³/mol. The largest absolute Gasteiger partial charge is 0.573 e. The molecule has 3 N–H and O–H groups in total. The smallest absolute Gasteiger partial charge is 0.469 e. The van der Waals surface area contributed by atoms with Gasteiger partial charge >= 0.3 is 12.3 Å². The van der Waals surface area contributed by atoms with Crippen LogP contribution in [0.1, 0.15) is 24.4 Å². The van der Waals surface area contributed by atoms with Crippen LogP contribution in [0.15, 0.2) is 24.3 Å². The molecule has 0 aromatic heterocycles. The number of benzene rings is 1. The maximum Gasteiger partial charge on any atom is 0.573 e. The molecule has 1 aromatic carbocycles. The third-order valence-electron chi connectivity index (χ3n) is 2.82. The molecule has 136 valence electrons. The van der Waals surface area contributed by atoms with Gasteiger partial charge in [-0.2, -0.15) is 0 Å². The van der Waals surface area contributed by atoms with Crippen LogP contribution in [0.5, 0.6) is 5.75 Å². The zero-order valence-electron chi connectivity index (χ0n) is 12.8. The number of amides is 1. The van der Waals surface area contributed by atoms with E-state index in [1.165, 1.54) is 19.2 Å². The van der Waals surface area contributed by atoms with E-state index in [0.29, 0.717) is 5.56 Å². The molecular weight excluding hydrogens is 353 g/mol. The highest BCUT2D eigenvalue weighted by atomic mass is 35.5. The molecule has 0 heterocycles. The van der Waals surface area contributed by atoms with Crippen molar-refractivity contribution in [2.24, 2.45) is 5.73 Å². The molecular formula is C14H18ClF3N2O4. The van der Waals surface area contributed by atoms with Gasteiger partial charge in [0.2, 0.25) is 5.91 Å². The molecule has 0 fully saturated rings. The van der Waals surface area contributed by atoms with Crippen molar-refractivity contribution in [3.05, 3.63) is 29.8 Å². The van der Waals surface area contributed by atoms with E-state index in [4.69, 9.17) is 5.73 Å². The van der Waals surface area contributed by atoms with Crippen molar-refractivity contribution in [2.45, 2.75) is 25.2 Å². The zero-order valence-corrected chi connectivity index (χ0v) is 13.6. The summed E-state index contributed by atoms with van der Waals surface area (Å²) in [5.74, 6) is -1.35. The minimum atomic E-state index is -4.79. The lowest BCUT2D eigenvalue weighted by Crippen LogP contribution is -2.31. The molecule has 6 nitrogen and oxygen atoms in total. The summed E-state index contributed by atoms with van der Waals surface area (Å²) < 4.78 is 44.7. The van der Waals surface area contributed by atoms with E-state index in [0.717, 1.165) is 12.1 Å². The van der Waals surface area contributed by atoms with Gasteiger partial charge in [0.1, 0.15) is 5.75 Å². The van der Waals surface area contributed by atoms with E-state index >= 15 is 0 Å². The van der Waals surface area contributed by atoms with Crippen LogP contribution in [-0.2, 0) is 14.3 Å². The molecule has 0 aliphatic carbocycles. The third-order valence-corrected chi connectivity index (χ3v) is 2.82. The van der Waals surface area contributed by atoms with Crippen LogP contribution in [0.3, 0.4) is 0 Å². The van der Waals surface area contributed by atoms with Crippen LogP contribution < -0.4 is 15.8 Å². The Morgan fingerprint density at radius 1 is 1.25 bits per heavy atom. The number of carbonyl (C=O) groups is 2. The van der Waals surface area contributed by atoms with Crippen LogP contribution in [0, 0.1) is 0 Å². The number of esters is 1. The van der Waals surface area contributed by atoms with Gasteiger partial charge in [0, 0.05) is 13.0 Å². The first kappa shape index (κ1) is 22.0. The Balaban J connectivity index is 0.00000529. The van der Waals surface area contributed by atoms with E-state index in [-0.39, 0.29) is 37.7 Å². The average Bonchev–Trinajstić information content (AvgIpc) is 2.45. The van der Waals surface area contributed by atoms with E-state index in [2.05, 4.69) is 14.8 Å². The van der Waals surface area contributed by atoms with E-state index in [9.17, 15) is 22.8 Å². The lowest BCUT2D eigenvalue weighted by molar-refractivity contribution is -0.274. The lowest BCUT2D eigenvalue weighted by atomic mass is 10.0. The van der Waals surface area contributed by atoms with Crippen LogP contribution >= 0.6 is 12.4 Å². The van der Waals surface area contributed by atoms with Gasteiger partial charge in [0.25, 0.3) is 0 Å². The molecule has 1 unspecified atom stereocenters. The van der Waals surface area contributed by atoms with Gasteiger partial charge in [-0.05, 0) is 17.7 Å². The van der Waals surface area contributed by atoms with Gasteiger partial charge < -0.3 is 20.5 Å². The maximum absolute atomic E-state index is 12.1. The Morgan fingerprint density at radius 3 is 2.29 bits per heavy atom. The fourth-order valence-corrected chi connectivity index (χ4v) is 1.80. The number of ether oxygens (including phenoxy) is 2. The number of alkyl halides is 3. The molecule has 10 heteroatoms. The van der Waals surface area contributed by atoms with Crippen molar-refractivity contribution in [2.75, 3.05) is 13.7 Å². The quantitative estimate of drug-likeness (QED) is 0.717. The van der Waals surface area contributed by atoms with Gasteiger partial charge in [0.05, 0.1) is 19.6 Å². The lowest BCUT2D eigenvalue weighted by Gasteiger charge is -2.18. The third kappa shape index (κ3) is 8.02. The summed E-state index contributed by atoms with van der Waals surface area (Å²) >= 11 is 0. The first-order valence-electron chi connectivity index (χ1n) is 6.67. The molecule has 0 saturated carbocycles. The molecule has 1 rings (SSSR count). The van der Waals surface area contributed by atoms with E-state index < -0.39 is 24.1 Å². The first-order chi connectivity index (χ1) is 10.7. The summed E-state index contributed by atoms with van der Waals surface area (Å²) in [7, 11) is 1.20. The fraction of sp³-hybridized carbons (Fsp3) is 0.429. The van der Waals surface area contributed by atoms with Crippen LogP contribution in [0.2, 0.25) is 0 Å². The molecule has 0 spiro atoms. The number of nitrogens with one attached hydrogen (secondary N) is 1. The summed E-state index contributed by atoms with van der Waals surface area (Å²) in [4.78, 5) is 23.1. The minimum absolute atomic E-state index is 0.